The van der Waals surface area contributed by atoms with Crippen molar-refractivity contribution in [2.45, 2.75) is 33.1 Å². The van der Waals surface area contributed by atoms with Gasteiger partial charge in [-0.25, -0.2) is 0 Å². The van der Waals surface area contributed by atoms with Crippen LogP contribution in [0, 0.1) is 19.8 Å². The molecular formula is C18H24N2O2. The standard InChI is InChI=1S/C18H24N2O2/c1-12-13(2)20-17-15(12)6-3-7-16(17)18(21)19-9-4-5-14-8-10-22-11-14/h3,6-7,14,20H,4-5,8-11H2,1-2H3,(H,19,21)/t14-/m1/s1. The van der Waals surface area contributed by atoms with Gasteiger partial charge in [-0.05, 0) is 50.7 Å². The number of hydrogen-bond donors (Lipinski definition) is 2. The number of ether oxygens (including phenoxy) is 1. The number of H-pyrrole nitrogens is 1. The second-order valence-corrected chi connectivity index (χ2v) is 6.23. The summed E-state index contributed by atoms with van der Waals surface area (Å²) in [5, 5.41) is 4.18. The van der Waals surface area contributed by atoms with Crippen molar-refractivity contribution in [1.29, 1.82) is 0 Å². The van der Waals surface area contributed by atoms with E-state index >= 15 is 0 Å². The summed E-state index contributed by atoms with van der Waals surface area (Å²) in [4.78, 5) is 15.8. The van der Waals surface area contributed by atoms with Crippen molar-refractivity contribution >= 4 is 16.8 Å². The molecule has 0 spiro atoms. The summed E-state index contributed by atoms with van der Waals surface area (Å²) in [5.41, 5.74) is 4.01. The molecule has 0 radical (unpaired) electrons. The lowest BCUT2D eigenvalue weighted by Gasteiger charge is -2.09. The first-order valence-corrected chi connectivity index (χ1v) is 8.10. The molecule has 118 valence electrons. The highest BCUT2D eigenvalue weighted by atomic mass is 16.5. The van der Waals surface area contributed by atoms with E-state index in [1.807, 2.05) is 19.1 Å². The van der Waals surface area contributed by atoms with E-state index in [0.29, 0.717) is 5.92 Å². The van der Waals surface area contributed by atoms with Crippen LogP contribution < -0.4 is 5.32 Å². The summed E-state index contributed by atoms with van der Waals surface area (Å²) in [6.07, 6.45) is 3.30. The first-order chi connectivity index (χ1) is 10.7. The maximum Gasteiger partial charge on any atom is 0.253 e. The second kappa shape index (κ2) is 6.53. The molecule has 1 amide bonds. The van der Waals surface area contributed by atoms with E-state index in [4.69, 9.17) is 4.74 Å². The average Bonchev–Trinajstić information content (AvgIpc) is 3.13. The Morgan fingerprint density at radius 3 is 3.05 bits per heavy atom. The lowest BCUT2D eigenvalue weighted by atomic mass is 10.0. The molecule has 4 nitrogen and oxygen atoms in total. The van der Waals surface area contributed by atoms with Gasteiger partial charge in [-0.1, -0.05) is 12.1 Å². The zero-order valence-electron chi connectivity index (χ0n) is 13.4. The van der Waals surface area contributed by atoms with Gasteiger partial charge in [0.25, 0.3) is 5.91 Å². The van der Waals surface area contributed by atoms with Gasteiger partial charge >= 0.3 is 0 Å². The summed E-state index contributed by atoms with van der Waals surface area (Å²) in [6.45, 7) is 6.63. The van der Waals surface area contributed by atoms with Crippen molar-refractivity contribution in [3.05, 3.63) is 35.0 Å². The minimum atomic E-state index is 0.00882. The highest BCUT2D eigenvalue weighted by Crippen LogP contribution is 2.24. The number of hydrogen-bond acceptors (Lipinski definition) is 2. The molecule has 22 heavy (non-hydrogen) atoms. The van der Waals surface area contributed by atoms with Crippen LogP contribution in [0.2, 0.25) is 0 Å². The second-order valence-electron chi connectivity index (χ2n) is 6.23. The Bertz CT molecular complexity index is 669. The van der Waals surface area contributed by atoms with Crippen molar-refractivity contribution in [1.82, 2.24) is 10.3 Å². The molecule has 2 heterocycles. The molecule has 0 aliphatic carbocycles. The zero-order chi connectivity index (χ0) is 15.5. The lowest BCUT2D eigenvalue weighted by Crippen LogP contribution is -2.25. The Hall–Kier alpha value is -1.81. The van der Waals surface area contributed by atoms with E-state index in [1.54, 1.807) is 0 Å². The van der Waals surface area contributed by atoms with Gasteiger partial charge in [0, 0.05) is 30.8 Å². The van der Waals surface area contributed by atoms with Crippen LogP contribution in [0.4, 0.5) is 0 Å². The number of benzene rings is 1. The van der Waals surface area contributed by atoms with Crippen molar-refractivity contribution in [2.24, 2.45) is 5.92 Å². The van der Waals surface area contributed by atoms with Gasteiger partial charge in [0.1, 0.15) is 0 Å². The van der Waals surface area contributed by atoms with Crippen LogP contribution >= 0.6 is 0 Å². The monoisotopic (exact) mass is 300 g/mol. The van der Waals surface area contributed by atoms with Crippen molar-refractivity contribution in [2.75, 3.05) is 19.8 Å². The summed E-state index contributed by atoms with van der Waals surface area (Å²) < 4.78 is 5.37. The fourth-order valence-corrected chi connectivity index (χ4v) is 3.17. The number of nitrogens with one attached hydrogen (secondary N) is 2. The third-order valence-electron chi connectivity index (χ3n) is 4.69. The van der Waals surface area contributed by atoms with E-state index in [-0.39, 0.29) is 5.91 Å². The smallest absolute Gasteiger partial charge is 0.253 e. The molecule has 1 fully saturated rings. The zero-order valence-corrected chi connectivity index (χ0v) is 13.4. The predicted octanol–water partition coefficient (Wildman–Crippen LogP) is 3.33. The van der Waals surface area contributed by atoms with Gasteiger partial charge in [0.2, 0.25) is 0 Å². The molecule has 0 saturated carbocycles. The molecule has 2 aromatic rings. The number of carbonyl (C=O) groups is 1. The molecular weight excluding hydrogens is 276 g/mol. The van der Waals surface area contributed by atoms with Crippen LogP contribution in [0.1, 0.15) is 40.9 Å². The molecule has 1 aliphatic rings. The lowest BCUT2D eigenvalue weighted by molar-refractivity contribution is 0.0954. The Kier molecular flexibility index (Phi) is 4.48. The Morgan fingerprint density at radius 2 is 2.27 bits per heavy atom. The minimum absolute atomic E-state index is 0.00882. The van der Waals surface area contributed by atoms with Crippen molar-refractivity contribution < 1.29 is 9.53 Å². The first-order valence-electron chi connectivity index (χ1n) is 8.10. The van der Waals surface area contributed by atoms with Gasteiger partial charge in [0.05, 0.1) is 11.1 Å². The van der Waals surface area contributed by atoms with E-state index in [9.17, 15) is 4.79 Å². The third kappa shape index (κ3) is 3.02. The maximum absolute atomic E-state index is 12.4. The average molecular weight is 300 g/mol. The van der Waals surface area contributed by atoms with Gasteiger partial charge in [0.15, 0.2) is 0 Å². The van der Waals surface area contributed by atoms with Crippen LogP contribution in [0.25, 0.3) is 10.9 Å². The number of rotatable bonds is 5. The topological polar surface area (TPSA) is 54.1 Å². The number of fused-ring (bicyclic) bond motifs is 1. The van der Waals surface area contributed by atoms with Crippen molar-refractivity contribution in [3.8, 4) is 0 Å². The number of amides is 1. The van der Waals surface area contributed by atoms with Crippen LogP contribution in [0.3, 0.4) is 0 Å². The first kappa shape index (κ1) is 15.1. The molecule has 3 rings (SSSR count). The SMILES string of the molecule is Cc1[nH]c2c(C(=O)NCCC[C@@H]3CCOC3)cccc2c1C. The number of aromatic nitrogens is 1. The van der Waals surface area contributed by atoms with Crippen LogP contribution in [0.5, 0.6) is 0 Å². The van der Waals surface area contributed by atoms with Gasteiger partial charge in [-0.2, -0.15) is 0 Å². The van der Waals surface area contributed by atoms with E-state index in [2.05, 4.69) is 23.3 Å². The summed E-state index contributed by atoms with van der Waals surface area (Å²) in [7, 11) is 0. The quantitative estimate of drug-likeness (QED) is 0.832. The molecule has 1 saturated heterocycles. The number of aryl methyl sites for hydroxylation is 2. The number of para-hydroxylation sites is 1. The molecule has 0 unspecified atom stereocenters. The Balaban J connectivity index is 1.61. The summed E-state index contributed by atoms with van der Waals surface area (Å²) in [6, 6.07) is 5.90. The van der Waals surface area contributed by atoms with E-state index in [0.717, 1.165) is 61.2 Å². The van der Waals surface area contributed by atoms with E-state index < -0.39 is 0 Å². The van der Waals surface area contributed by atoms with Crippen molar-refractivity contribution in [3.63, 3.8) is 0 Å². The fraction of sp³-hybridized carbons (Fsp3) is 0.500. The molecule has 1 aromatic heterocycles. The molecule has 1 aliphatic heterocycles. The van der Waals surface area contributed by atoms with Crippen LogP contribution in [0.15, 0.2) is 18.2 Å². The summed E-state index contributed by atoms with van der Waals surface area (Å²) >= 11 is 0. The Labute approximate surface area is 131 Å². The molecule has 1 atom stereocenters. The van der Waals surface area contributed by atoms with Gasteiger partial charge in [-0.15, -0.1) is 0 Å². The van der Waals surface area contributed by atoms with Crippen LogP contribution in [-0.4, -0.2) is 30.6 Å². The third-order valence-corrected chi connectivity index (χ3v) is 4.69. The fourth-order valence-electron chi connectivity index (χ4n) is 3.17. The summed E-state index contributed by atoms with van der Waals surface area (Å²) in [5.74, 6) is 0.684. The van der Waals surface area contributed by atoms with Gasteiger partial charge in [-0.3, -0.25) is 4.79 Å². The minimum Gasteiger partial charge on any atom is -0.381 e. The molecule has 4 heteroatoms. The Morgan fingerprint density at radius 1 is 1.41 bits per heavy atom. The molecule has 1 aromatic carbocycles. The maximum atomic E-state index is 12.4. The van der Waals surface area contributed by atoms with Crippen LogP contribution in [-0.2, 0) is 4.74 Å². The predicted molar refractivity (Wildman–Crippen MR) is 88.3 cm³/mol. The van der Waals surface area contributed by atoms with Gasteiger partial charge < -0.3 is 15.0 Å². The number of carbonyl (C=O) groups excluding carboxylic acids is 1. The van der Waals surface area contributed by atoms with E-state index in [1.165, 1.54) is 5.56 Å². The highest BCUT2D eigenvalue weighted by Gasteiger charge is 2.16. The molecule has 2 N–H and O–H groups in total. The largest absolute Gasteiger partial charge is 0.381 e. The highest BCUT2D eigenvalue weighted by molar-refractivity contribution is 6.06. The molecule has 0 bridgehead atoms. The number of aromatic amines is 1. The normalized spacial score (nSPS) is 18.0.